The van der Waals surface area contributed by atoms with Crippen LogP contribution in [0.25, 0.3) is 0 Å². The Morgan fingerprint density at radius 3 is 2.37 bits per heavy atom. The van der Waals surface area contributed by atoms with E-state index < -0.39 is 27.5 Å². The van der Waals surface area contributed by atoms with Gasteiger partial charge >= 0.3 is 0 Å². The molecule has 0 fully saturated rings. The summed E-state index contributed by atoms with van der Waals surface area (Å²) < 4.78 is 17.1. The molecule has 0 aliphatic heterocycles. The minimum Gasteiger partial charge on any atom is -0.392 e. The van der Waals surface area contributed by atoms with Crippen LogP contribution in [0.2, 0.25) is 0 Å². The second kappa shape index (κ2) is 8.00. The molecule has 0 saturated carbocycles. The van der Waals surface area contributed by atoms with Gasteiger partial charge in [-0.1, -0.05) is 17.7 Å². The van der Waals surface area contributed by atoms with Gasteiger partial charge in [-0.15, -0.1) is 15.7 Å². The number of rotatable bonds is 5. The first-order valence-electron chi connectivity index (χ1n) is 9.98. The van der Waals surface area contributed by atoms with Crippen molar-refractivity contribution >= 4 is 38.8 Å². The number of carbonyl (C=O) groups excluding carboxylic acids is 1. The van der Waals surface area contributed by atoms with Gasteiger partial charge in [-0.3, -0.25) is 4.79 Å². The maximum absolute atomic E-state index is 13.1. The molecular formula is C21H25ClN2O4S2. The molecule has 2 unspecified atom stereocenters. The number of fused-ring (bicyclic) bond motifs is 2. The fourth-order valence-corrected chi connectivity index (χ4v) is 7.34. The van der Waals surface area contributed by atoms with Crippen molar-refractivity contribution in [3.8, 4) is 0 Å². The highest BCUT2D eigenvalue weighted by Gasteiger charge is 2.28. The molecule has 4 rings (SSSR count). The lowest BCUT2D eigenvalue weighted by molar-refractivity contribution is -0.117. The van der Waals surface area contributed by atoms with E-state index in [4.69, 9.17) is 16.7 Å². The lowest BCUT2D eigenvalue weighted by Crippen LogP contribution is -2.17. The highest BCUT2D eigenvalue weighted by atomic mass is 35.5. The molecule has 0 bridgehead atoms. The molecular weight excluding hydrogens is 444 g/mol. The van der Waals surface area contributed by atoms with Crippen LogP contribution in [0, 0.1) is 0 Å². The SMILES string of the molecule is CC(O)(Cl)c1cc(CO)c(S(N)(=O)=NC(=O)Cc2c3c(cc4c2CCC4)CCC3)s1. The van der Waals surface area contributed by atoms with Crippen molar-refractivity contribution < 1.29 is 19.2 Å². The van der Waals surface area contributed by atoms with Crippen LogP contribution in [0.3, 0.4) is 0 Å². The fraction of sp³-hybridized carbons (Fsp3) is 0.476. The van der Waals surface area contributed by atoms with Gasteiger partial charge in [0.1, 0.15) is 4.21 Å². The topological polar surface area (TPSA) is 113 Å². The van der Waals surface area contributed by atoms with Crippen molar-refractivity contribution in [1.82, 2.24) is 0 Å². The lowest BCUT2D eigenvalue weighted by Gasteiger charge is -2.14. The average molecular weight is 469 g/mol. The van der Waals surface area contributed by atoms with Crippen LogP contribution < -0.4 is 5.14 Å². The van der Waals surface area contributed by atoms with Crippen molar-refractivity contribution in [3.63, 3.8) is 0 Å². The largest absolute Gasteiger partial charge is 0.392 e. The highest BCUT2D eigenvalue weighted by Crippen LogP contribution is 2.37. The van der Waals surface area contributed by atoms with Gasteiger partial charge in [-0.2, -0.15) is 0 Å². The van der Waals surface area contributed by atoms with Gasteiger partial charge in [0, 0.05) is 5.56 Å². The van der Waals surface area contributed by atoms with Crippen LogP contribution in [0.1, 0.15) is 58.0 Å². The molecule has 1 amide bonds. The Morgan fingerprint density at radius 2 is 1.83 bits per heavy atom. The zero-order valence-electron chi connectivity index (χ0n) is 16.7. The lowest BCUT2D eigenvalue weighted by atomic mass is 9.92. The summed E-state index contributed by atoms with van der Waals surface area (Å²) in [6, 6.07) is 3.73. The van der Waals surface area contributed by atoms with E-state index in [9.17, 15) is 19.2 Å². The first-order chi connectivity index (χ1) is 14.1. The number of nitrogens with zero attached hydrogens (tertiary/aromatic N) is 1. The van der Waals surface area contributed by atoms with Crippen LogP contribution >= 0.6 is 22.9 Å². The third kappa shape index (κ3) is 4.09. The third-order valence-electron chi connectivity index (χ3n) is 5.82. The molecule has 162 valence electrons. The zero-order chi connectivity index (χ0) is 21.7. The van der Waals surface area contributed by atoms with E-state index in [-0.39, 0.29) is 21.1 Å². The van der Waals surface area contributed by atoms with Gasteiger partial charge in [-0.05, 0) is 79.3 Å². The summed E-state index contributed by atoms with van der Waals surface area (Å²) in [5.41, 5.74) is 6.43. The molecule has 2 aromatic rings. The Hall–Kier alpha value is -1.29. The van der Waals surface area contributed by atoms with E-state index in [0.717, 1.165) is 55.4 Å². The van der Waals surface area contributed by atoms with Gasteiger partial charge in [0.15, 0.2) is 15.0 Å². The molecule has 2 atom stereocenters. The molecule has 9 heteroatoms. The van der Waals surface area contributed by atoms with Crippen LogP contribution in [0.5, 0.6) is 0 Å². The van der Waals surface area contributed by atoms with E-state index in [2.05, 4.69) is 10.4 Å². The number of carbonyl (C=O) groups is 1. The number of benzene rings is 1. The Balaban J connectivity index is 1.69. The highest BCUT2D eigenvalue weighted by molar-refractivity contribution is 7.93. The summed E-state index contributed by atoms with van der Waals surface area (Å²) in [5.74, 6) is -0.534. The molecule has 30 heavy (non-hydrogen) atoms. The Morgan fingerprint density at radius 1 is 1.23 bits per heavy atom. The normalized spacial score (nSPS) is 19.1. The Labute approximate surface area is 185 Å². The van der Waals surface area contributed by atoms with E-state index in [1.165, 1.54) is 35.2 Å². The molecule has 1 aromatic heterocycles. The van der Waals surface area contributed by atoms with Crippen molar-refractivity contribution in [3.05, 3.63) is 50.4 Å². The first-order valence-corrected chi connectivity index (χ1v) is 12.8. The summed E-state index contributed by atoms with van der Waals surface area (Å²) in [6.45, 7) is 0.916. The van der Waals surface area contributed by atoms with E-state index in [1.807, 2.05) is 0 Å². The molecule has 1 aromatic carbocycles. The quantitative estimate of drug-likeness (QED) is 0.585. The predicted octanol–water partition coefficient (Wildman–Crippen LogP) is 3.09. The summed E-state index contributed by atoms with van der Waals surface area (Å²) in [6.07, 6.45) is 6.23. The van der Waals surface area contributed by atoms with E-state index >= 15 is 0 Å². The summed E-state index contributed by atoms with van der Waals surface area (Å²) in [5, 5.41) is 23.9. The number of amides is 1. The average Bonchev–Trinajstić information content (AvgIpc) is 3.38. The number of aliphatic hydroxyl groups is 2. The summed E-state index contributed by atoms with van der Waals surface area (Å²) in [4.78, 5) is 13.1. The molecule has 0 spiro atoms. The van der Waals surface area contributed by atoms with Gasteiger partial charge in [0.05, 0.1) is 17.9 Å². The minimum atomic E-state index is -3.58. The minimum absolute atomic E-state index is 0.0674. The van der Waals surface area contributed by atoms with Crippen LogP contribution in [-0.4, -0.2) is 20.3 Å². The van der Waals surface area contributed by atoms with Crippen LogP contribution in [-0.2, 0) is 58.5 Å². The van der Waals surface area contributed by atoms with Crippen molar-refractivity contribution in [2.45, 2.75) is 67.7 Å². The second-order valence-corrected chi connectivity index (χ2v) is 11.9. The number of aliphatic hydroxyl groups excluding tert-OH is 1. The smallest absolute Gasteiger partial charge is 0.259 e. The van der Waals surface area contributed by atoms with Crippen LogP contribution in [0.15, 0.2) is 20.7 Å². The van der Waals surface area contributed by atoms with Crippen LogP contribution in [0.4, 0.5) is 0 Å². The molecule has 0 saturated heterocycles. The van der Waals surface area contributed by atoms with Crippen molar-refractivity contribution in [2.75, 3.05) is 0 Å². The second-order valence-electron chi connectivity index (χ2n) is 8.10. The van der Waals surface area contributed by atoms with Gasteiger partial charge in [0.2, 0.25) is 0 Å². The molecule has 6 nitrogen and oxygen atoms in total. The summed E-state index contributed by atoms with van der Waals surface area (Å²) >= 11 is 6.82. The van der Waals surface area contributed by atoms with E-state index in [0.29, 0.717) is 0 Å². The Kier molecular flexibility index (Phi) is 5.85. The van der Waals surface area contributed by atoms with Gasteiger partial charge < -0.3 is 10.2 Å². The molecule has 1 heterocycles. The zero-order valence-corrected chi connectivity index (χ0v) is 19.1. The van der Waals surface area contributed by atoms with E-state index in [1.54, 1.807) is 0 Å². The number of nitrogens with two attached hydrogens (primary N) is 1. The van der Waals surface area contributed by atoms with Crippen molar-refractivity contribution in [2.24, 2.45) is 9.50 Å². The fourth-order valence-electron chi connectivity index (χ4n) is 4.52. The number of hydrogen-bond acceptors (Lipinski definition) is 5. The van der Waals surface area contributed by atoms with Crippen molar-refractivity contribution in [1.29, 1.82) is 0 Å². The maximum atomic E-state index is 13.1. The molecule has 4 N–H and O–H groups in total. The standard InChI is InChI=1S/C21H25ClN2O4S2/c1-21(22,27)18-9-14(11-25)20(29-18)30(23,28)24-19(26)10-17-15-6-2-4-12(15)8-13-5-3-7-16(13)17/h8-9,25,27H,2-7,10-11H2,1H3,(H2,23,24,26,28). The molecule has 0 radical (unpaired) electrons. The number of thiophene rings is 1. The number of alkyl halides is 1. The molecule has 2 aliphatic carbocycles. The van der Waals surface area contributed by atoms with Gasteiger partial charge in [0.25, 0.3) is 5.91 Å². The third-order valence-corrected chi connectivity index (χ3v) is 9.55. The monoisotopic (exact) mass is 468 g/mol. The maximum Gasteiger partial charge on any atom is 0.259 e. The number of hydrogen-bond donors (Lipinski definition) is 3. The predicted molar refractivity (Wildman–Crippen MR) is 118 cm³/mol. The number of aryl methyl sites for hydroxylation is 2. The first kappa shape index (κ1) is 21.9. The van der Waals surface area contributed by atoms with Gasteiger partial charge in [-0.25, -0.2) is 9.35 Å². The number of halogens is 1. The Bertz CT molecular complexity index is 1110. The molecule has 2 aliphatic rings. The summed E-state index contributed by atoms with van der Waals surface area (Å²) in [7, 11) is -3.58.